The lowest BCUT2D eigenvalue weighted by molar-refractivity contribution is 0.0950. The van der Waals surface area contributed by atoms with Crippen LogP contribution in [0.1, 0.15) is 57.1 Å². The van der Waals surface area contributed by atoms with Crippen molar-refractivity contribution < 1.29 is 4.79 Å². The average molecular weight is 500 g/mol. The van der Waals surface area contributed by atoms with Gasteiger partial charge >= 0.3 is 0 Å². The van der Waals surface area contributed by atoms with Crippen molar-refractivity contribution in [2.75, 3.05) is 5.73 Å². The van der Waals surface area contributed by atoms with Gasteiger partial charge in [-0.3, -0.25) is 13.9 Å². The number of nitrogens with zero attached hydrogens (tertiary/aromatic N) is 5. The number of nitrogen functional groups attached to an aromatic ring is 1. The third-order valence-corrected chi connectivity index (χ3v) is 7.42. The Kier molecular flexibility index (Phi) is 5.41. The number of aromatic nitrogens is 5. The van der Waals surface area contributed by atoms with Crippen LogP contribution in [0.5, 0.6) is 0 Å². The molecule has 0 saturated heterocycles. The molecule has 1 aromatic carbocycles. The largest absolute Gasteiger partial charge is 0.383 e. The van der Waals surface area contributed by atoms with Crippen LogP contribution in [-0.4, -0.2) is 30.1 Å². The topological polar surface area (TPSA) is 103 Å². The van der Waals surface area contributed by atoms with Gasteiger partial charge in [-0.05, 0) is 78.4 Å². The Labute approximate surface area is 213 Å². The van der Waals surface area contributed by atoms with Gasteiger partial charge in [0.25, 0.3) is 5.91 Å². The third kappa shape index (κ3) is 3.97. The molecule has 4 aromatic heterocycles. The van der Waals surface area contributed by atoms with Crippen LogP contribution >= 0.6 is 11.6 Å². The number of pyridine rings is 2. The number of carbonyl (C=O) groups excluding carboxylic acids is 1. The lowest BCUT2D eigenvalue weighted by atomic mass is 9.96. The number of amides is 1. The molecule has 182 valence electrons. The molecular formula is C27H26ClN7O. The summed E-state index contributed by atoms with van der Waals surface area (Å²) >= 11 is 6.62. The minimum atomic E-state index is -0.179. The van der Waals surface area contributed by atoms with Crippen molar-refractivity contribution in [2.24, 2.45) is 0 Å². The number of hydrogen-bond acceptors (Lipinski definition) is 5. The minimum absolute atomic E-state index is 0.179. The van der Waals surface area contributed by atoms with Crippen molar-refractivity contribution >= 4 is 39.7 Å². The molecule has 9 heteroatoms. The van der Waals surface area contributed by atoms with E-state index in [4.69, 9.17) is 17.3 Å². The van der Waals surface area contributed by atoms with Crippen LogP contribution in [0.4, 0.5) is 5.82 Å². The number of benzene rings is 1. The van der Waals surface area contributed by atoms with Gasteiger partial charge in [0.05, 0.1) is 24.0 Å². The molecule has 0 aliphatic heterocycles. The Bertz CT molecular complexity index is 1650. The van der Waals surface area contributed by atoms with E-state index in [1.54, 1.807) is 23.3 Å². The molecule has 0 atom stereocenters. The number of halogens is 1. The first kappa shape index (κ1) is 22.5. The molecular weight excluding hydrogens is 474 g/mol. The minimum Gasteiger partial charge on any atom is -0.383 e. The normalized spacial score (nSPS) is 13.5. The first-order valence-corrected chi connectivity index (χ1v) is 12.4. The maximum atomic E-state index is 12.9. The number of rotatable bonds is 6. The summed E-state index contributed by atoms with van der Waals surface area (Å²) in [5, 5.41) is 10.1. The van der Waals surface area contributed by atoms with E-state index in [0.717, 1.165) is 44.0 Å². The zero-order valence-corrected chi connectivity index (χ0v) is 20.9. The molecule has 36 heavy (non-hydrogen) atoms. The molecule has 0 bridgehead atoms. The standard InChI is InChI=1S/C27H26ClN7O/c1-15-9-22-20(7-8-30-26(22)29)16(2)23(15)11-31-27(36)18-10-32-34(12-18)13-19-14-35-24(33-19)6-5-21(25(35)28)17-3-4-17/h5-10,12,14,17H,3-4,11,13H2,1-2H3,(H2,29,30)(H,31,36). The van der Waals surface area contributed by atoms with Crippen molar-refractivity contribution in [1.82, 2.24) is 29.5 Å². The van der Waals surface area contributed by atoms with Gasteiger partial charge in [0.1, 0.15) is 16.6 Å². The van der Waals surface area contributed by atoms with Gasteiger partial charge in [-0.25, -0.2) is 9.97 Å². The Balaban J connectivity index is 1.17. The molecule has 0 radical (unpaired) electrons. The second-order valence-corrected chi connectivity index (χ2v) is 9.87. The average Bonchev–Trinajstić information content (AvgIpc) is 3.44. The number of imidazole rings is 1. The maximum Gasteiger partial charge on any atom is 0.254 e. The molecule has 1 fully saturated rings. The Morgan fingerprint density at radius 3 is 2.83 bits per heavy atom. The van der Waals surface area contributed by atoms with Crippen molar-refractivity contribution in [3.05, 3.63) is 87.7 Å². The third-order valence-electron chi connectivity index (χ3n) is 7.02. The van der Waals surface area contributed by atoms with Gasteiger partial charge < -0.3 is 11.1 Å². The molecule has 0 spiro atoms. The maximum absolute atomic E-state index is 12.9. The Hall–Kier alpha value is -3.91. The molecule has 6 rings (SSSR count). The predicted octanol–water partition coefficient (Wildman–Crippen LogP) is 4.79. The fraction of sp³-hybridized carbons (Fsp3) is 0.259. The lowest BCUT2D eigenvalue weighted by Crippen LogP contribution is -2.23. The van der Waals surface area contributed by atoms with E-state index in [2.05, 4.69) is 26.4 Å². The molecule has 8 nitrogen and oxygen atoms in total. The zero-order chi connectivity index (χ0) is 25.0. The van der Waals surface area contributed by atoms with Crippen molar-refractivity contribution in [3.63, 3.8) is 0 Å². The van der Waals surface area contributed by atoms with Gasteiger partial charge in [-0.1, -0.05) is 17.7 Å². The lowest BCUT2D eigenvalue weighted by Gasteiger charge is -2.14. The summed E-state index contributed by atoms with van der Waals surface area (Å²) in [6, 6.07) is 8.06. The second kappa shape index (κ2) is 8.64. The van der Waals surface area contributed by atoms with Crippen LogP contribution in [-0.2, 0) is 13.1 Å². The van der Waals surface area contributed by atoms with Crippen LogP contribution in [0.3, 0.4) is 0 Å². The van der Waals surface area contributed by atoms with E-state index >= 15 is 0 Å². The molecule has 1 aliphatic rings. The van der Waals surface area contributed by atoms with Crippen molar-refractivity contribution in [1.29, 1.82) is 0 Å². The molecule has 3 N–H and O–H groups in total. The number of carbonyl (C=O) groups is 1. The van der Waals surface area contributed by atoms with Crippen molar-refractivity contribution in [2.45, 2.75) is 45.7 Å². The van der Waals surface area contributed by atoms with Crippen LogP contribution in [0.2, 0.25) is 5.15 Å². The SMILES string of the molecule is Cc1cc2c(N)nccc2c(C)c1CNC(=O)c1cnn(Cc2cn3c(Cl)c(C4CC4)ccc3n2)c1. The van der Waals surface area contributed by atoms with E-state index < -0.39 is 0 Å². The summed E-state index contributed by atoms with van der Waals surface area (Å²) in [6.07, 6.45) is 9.35. The summed E-state index contributed by atoms with van der Waals surface area (Å²) in [6.45, 7) is 4.92. The molecule has 1 aliphatic carbocycles. The van der Waals surface area contributed by atoms with Gasteiger partial charge in [-0.2, -0.15) is 5.10 Å². The van der Waals surface area contributed by atoms with Gasteiger partial charge in [0, 0.05) is 30.5 Å². The number of fused-ring (bicyclic) bond motifs is 2. The number of nitrogens with two attached hydrogens (primary N) is 1. The summed E-state index contributed by atoms with van der Waals surface area (Å²) in [4.78, 5) is 21.7. The fourth-order valence-electron chi connectivity index (χ4n) is 4.87. The molecule has 1 amide bonds. The summed E-state index contributed by atoms with van der Waals surface area (Å²) in [5.41, 5.74) is 12.6. The van der Waals surface area contributed by atoms with E-state index in [9.17, 15) is 4.79 Å². The van der Waals surface area contributed by atoms with Crippen LogP contribution < -0.4 is 11.1 Å². The highest BCUT2D eigenvalue weighted by atomic mass is 35.5. The summed E-state index contributed by atoms with van der Waals surface area (Å²) < 4.78 is 3.65. The highest BCUT2D eigenvalue weighted by molar-refractivity contribution is 6.30. The fourth-order valence-corrected chi connectivity index (χ4v) is 5.23. The van der Waals surface area contributed by atoms with Gasteiger partial charge in [0.2, 0.25) is 0 Å². The molecule has 5 aromatic rings. The van der Waals surface area contributed by atoms with E-state index in [1.807, 2.05) is 42.6 Å². The second-order valence-electron chi connectivity index (χ2n) is 9.51. The van der Waals surface area contributed by atoms with Crippen LogP contribution in [0, 0.1) is 13.8 Å². The monoisotopic (exact) mass is 499 g/mol. The molecule has 1 saturated carbocycles. The quantitative estimate of drug-likeness (QED) is 0.327. The van der Waals surface area contributed by atoms with Gasteiger partial charge in [-0.15, -0.1) is 0 Å². The number of anilines is 1. The summed E-state index contributed by atoms with van der Waals surface area (Å²) in [5.74, 6) is 0.900. The van der Waals surface area contributed by atoms with E-state index in [0.29, 0.717) is 30.4 Å². The Morgan fingerprint density at radius 2 is 2.03 bits per heavy atom. The number of nitrogens with one attached hydrogen (secondary N) is 1. The highest BCUT2D eigenvalue weighted by Crippen LogP contribution is 2.43. The first-order chi connectivity index (χ1) is 17.4. The van der Waals surface area contributed by atoms with Crippen LogP contribution in [0.25, 0.3) is 16.4 Å². The first-order valence-electron chi connectivity index (χ1n) is 12.0. The molecule has 0 unspecified atom stereocenters. The summed E-state index contributed by atoms with van der Waals surface area (Å²) in [7, 11) is 0. The van der Waals surface area contributed by atoms with Crippen molar-refractivity contribution in [3.8, 4) is 0 Å². The van der Waals surface area contributed by atoms with Gasteiger partial charge in [0.15, 0.2) is 0 Å². The zero-order valence-electron chi connectivity index (χ0n) is 20.1. The number of aryl methyl sites for hydroxylation is 2. The highest BCUT2D eigenvalue weighted by Gasteiger charge is 2.27. The molecule has 4 heterocycles. The van der Waals surface area contributed by atoms with Crippen LogP contribution in [0.15, 0.2) is 49.1 Å². The van der Waals surface area contributed by atoms with E-state index in [-0.39, 0.29) is 5.91 Å². The smallest absolute Gasteiger partial charge is 0.254 e. The Morgan fingerprint density at radius 1 is 1.19 bits per heavy atom. The van der Waals surface area contributed by atoms with E-state index in [1.165, 1.54) is 18.4 Å². The number of hydrogen-bond donors (Lipinski definition) is 2. The predicted molar refractivity (Wildman–Crippen MR) is 140 cm³/mol.